The zero-order chi connectivity index (χ0) is 18.9. The van der Waals surface area contributed by atoms with E-state index in [4.69, 9.17) is 8.92 Å². The number of nitrogens with zero attached hydrogens (tertiary/aromatic N) is 1. The molecule has 1 unspecified atom stereocenters. The molecule has 2 aromatic rings. The van der Waals surface area contributed by atoms with Crippen molar-refractivity contribution in [1.82, 2.24) is 0 Å². The topological polar surface area (TPSA) is 90.0 Å². The van der Waals surface area contributed by atoms with Crippen LogP contribution >= 0.6 is 0 Å². The average molecular weight is 397 g/mol. The number of sulfonamides is 1. The number of anilines is 1. The SMILES string of the molecule is Cc1ccc(S(=O)(=O)OCC2CN(S(C)(=O)=O)c3ccccc3O2)cc1. The molecule has 0 aromatic heterocycles. The fourth-order valence-electron chi connectivity index (χ4n) is 2.60. The van der Waals surface area contributed by atoms with Crippen LogP contribution in [-0.2, 0) is 24.3 Å². The van der Waals surface area contributed by atoms with Crippen molar-refractivity contribution in [3.63, 3.8) is 0 Å². The minimum absolute atomic E-state index is 0.0285. The number of rotatable bonds is 5. The van der Waals surface area contributed by atoms with E-state index in [0.29, 0.717) is 11.4 Å². The molecule has 0 radical (unpaired) electrons. The lowest BCUT2D eigenvalue weighted by atomic mass is 10.2. The van der Waals surface area contributed by atoms with Gasteiger partial charge in [-0.2, -0.15) is 8.42 Å². The highest BCUT2D eigenvalue weighted by atomic mass is 32.2. The summed E-state index contributed by atoms with van der Waals surface area (Å²) in [5.74, 6) is 0.366. The van der Waals surface area contributed by atoms with Crippen LogP contribution in [0.3, 0.4) is 0 Å². The summed E-state index contributed by atoms with van der Waals surface area (Å²) in [4.78, 5) is 0.0410. The van der Waals surface area contributed by atoms with Crippen molar-refractivity contribution in [2.45, 2.75) is 17.9 Å². The van der Waals surface area contributed by atoms with Gasteiger partial charge >= 0.3 is 0 Å². The Labute approximate surface area is 153 Å². The Balaban J connectivity index is 1.78. The van der Waals surface area contributed by atoms with Crippen molar-refractivity contribution >= 4 is 25.8 Å². The van der Waals surface area contributed by atoms with Gasteiger partial charge in [-0.25, -0.2) is 8.42 Å². The third-order valence-electron chi connectivity index (χ3n) is 3.92. The summed E-state index contributed by atoms with van der Waals surface area (Å²) in [5.41, 5.74) is 1.35. The van der Waals surface area contributed by atoms with E-state index in [9.17, 15) is 16.8 Å². The maximum Gasteiger partial charge on any atom is 0.297 e. The highest BCUT2D eigenvalue weighted by molar-refractivity contribution is 7.92. The Bertz CT molecular complexity index is 1000. The van der Waals surface area contributed by atoms with E-state index >= 15 is 0 Å². The van der Waals surface area contributed by atoms with Gasteiger partial charge in [0.2, 0.25) is 10.0 Å². The van der Waals surface area contributed by atoms with Gasteiger partial charge in [-0.1, -0.05) is 29.8 Å². The second-order valence-corrected chi connectivity index (χ2v) is 9.58. The third-order valence-corrected chi connectivity index (χ3v) is 6.36. The van der Waals surface area contributed by atoms with E-state index in [0.717, 1.165) is 11.8 Å². The van der Waals surface area contributed by atoms with Crippen LogP contribution in [0.15, 0.2) is 53.4 Å². The molecule has 0 fully saturated rings. The van der Waals surface area contributed by atoms with Gasteiger partial charge in [0.25, 0.3) is 10.1 Å². The van der Waals surface area contributed by atoms with Crippen LogP contribution in [0, 0.1) is 6.92 Å². The molecule has 0 saturated carbocycles. The van der Waals surface area contributed by atoms with E-state index in [1.165, 1.54) is 16.4 Å². The van der Waals surface area contributed by atoms with Crippen LogP contribution in [0.5, 0.6) is 5.75 Å². The Morgan fingerprint density at radius 1 is 1.08 bits per heavy atom. The summed E-state index contributed by atoms with van der Waals surface area (Å²) >= 11 is 0. The lowest BCUT2D eigenvalue weighted by molar-refractivity contribution is 0.132. The summed E-state index contributed by atoms with van der Waals surface area (Å²) in [6, 6.07) is 13.0. The lowest BCUT2D eigenvalue weighted by Gasteiger charge is -2.34. The molecule has 0 saturated heterocycles. The number of hydrogen-bond donors (Lipinski definition) is 0. The molecule has 140 valence electrons. The minimum atomic E-state index is -3.95. The zero-order valence-corrected chi connectivity index (χ0v) is 16.0. The number of fused-ring (bicyclic) bond motifs is 1. The Hall–Kier alpha value is -2.10. The van der Waals surface area contributed by atoms with E-state index in [1.54, 1.807) is 36.4 Å². The highest BCUT2D eigenvalue weighted by Crippen LogP contribution is 2.34. The summed E-state index contributed by atoms with van der Waals surface area (Å²) in [7, 11) is -7.49. The number of para-hydroxylation sites is 2. The molecule has 3 rings (SSSR count). The molecule has 26 heavy (non-hydrogen) atoms. The number of hydrogen-bond acceptors (Lipinski definition) is 6. The van der Waals surface area contributed by atoms with Crippen molar-refractivity contribution in [2.75, 3.05) is 23.7 Å². The first-order chi connectivity index (χ1) is 12.2. The van der Waals surface area contributed by atoms with Crippen molar-refractivity contribution in [1.29, 1.82) is 0 Å². The first-order valence-corrected chi connectivity index (χ1v) is 11.1. The van der Waals surface area contributed by atoms with Gasteiger partial charge < -0.3 is 4.74 Å². The van der Waals surface area contributed by atoms with Crippen LogP contribution in [-0.4, -0.2) is 42.3 Å². The predicted octanol–water partition coefficient (Wildman–Crippen LogP) is 1.93. The standard InChI is InChI=1S/C17H19NO6S2/c1-13-7-9-15(10-8-13)26(21,22)23-12-14-11-18(25(2,19)20)16-5-3-4-6-17(16)24-14/h3-10,14H,11-12H2,1-2H3. The molecule has 1 aliphatic rings. The largest absolute Gasteiger partial charge is 0.484 e. The van der Waals surface area contributed by atoms with Crippen molar-refractivity contribution in [3.05, 3.63) is 54.1 Å². The summed E-state index contributed by atoms with van der Waals surface area (Å²) in [6.45, 7) is 1.53. The monoisotopic (exact) mass is 397 g/mol. The maximum absolute atomic E-state index is 12.3. The van der Waals surface area contributed by atoms with Crippen LogP contribution in [0.2, 0.25) is 0 Å². The Morgan fingerprint density at radius 2 is 1.73 bits per heavy atom. The first kappa shape index (κ1) is 18.7. The van der Waals surface area contributed by atoms with E-state index in [1.807, 2.05) is 6.92 Å². The van der Waals surface area contributed by atoms with Crippen LogP contribution in [0.25, 0.3) is 0 Å². The normalized spacial score (nSPS) is 17.5. The van der Waals surface area contributed by atoms with Gasteiger partial charge in [-0.15, -0.1) is 0 Å². The second-order valence-electron chi connectivity index (χ2n) is 6.05. The number of ether oxygens (including phenoxy) is 1. The van der Waals surface area contributed by atoms with Gasteiger partial charge in [0, 0.05) is 0 Å². The fourth-order valence-corrected chi connectivity index (χ4v) is 4.48. The fraction of sp³-hybridized carbons (Fsp3) is 0.294. The molecular formula is C17H19NO6S2. The molecule has 0 spiro atoms. The quantitative estimate of drug-likeness (QED) is 0.716. The Morgan fingerprint density at radius 3 is 2.38 bits per heavy atom. The Kier molecular flexibility index (Phi) is 4.96. The van der Waals surface area contributed by atoms with Crippen LogP contribution in [0.1, 0.15) is 5.56 Å². The number of aryl methyl sites for hydroxylation is 1. The molecule has 0 N–H and O–H groups in total. The highest BCUT2D eigenvalue weighted by Gasteiger charge is 2.32. The number of benzene rings is 2. The van der Waals surface area contributed by atoms with Crippen molar-refractivity contribution in [3.8, 4) is 5.75 Å². The zero-order valence-electron chi connectivity index (χ0n) is 14.3. The van der Waals surface area contributed by atoms with Gasteiger partial charge in [-0.3, -0.25) is 8.49 Å². The van der Waals surface area contributed by atoms with E-state index < -0.39 is 26.2 Å². The van der Waals surface area contributed by atoms with Gasteiger partial charge in [-0.05, 0) is 31.2 Å². The van der Waals surface area contributed by atoms with Crippen LogP contribution in [0.4, 0.5) is 5.69 Å². The van der Waals surface area contributed by atoms with E-state index in [-0.39, 0.29) is 18.0 Å². The molecule has 1 heterocycles. The maximum atomic E-state index is 12.3. The molecule has 9 heteroatoms. The molecule has 1 aliphatic heterocycles. The van der Waals surface area contributed by atoms with Crippen molar-refractivity contribution < 1.29 is 25.8 Å². The second kappa shape index (κ2) is 6.90. The average Bonchev–Trinajstić information content (AvgIpc) is 2.59. The first-order valence-electron chi connectivity index (χ1n) is 7.86. The summed E-state index contributed by atoms with van der Waals surface area (Å²) < 4.78 is 60.7. The van der Waals surface area contributed by atoms with E-state index in [2.05, 4.69) is 0 Å². The van der Waals surface area contributed by atoms with Gasteiger partial charge in [0.1, 0.15) is 18.5 Å². The summed E-state index contributed by atoms with van der Waals surface area (Å²) in [5, 5.41) is 0. The molecule has 0 aliphatic carbocycles. The molecule has 0 bridgehead atoms. The lowest BCUT2D eigenvalue weighted by Crippen LogP contribution is -2.45. The molecule has 7 nitrogen and oxygen atoms in total. The predicted molar refractivity (Wildman–Crippen MR) is 97.4 cm³/mol. The van der Waals surface area contributed by atoms with Crippen molar-refractivity contribution in [2.24, 2.45) is 0 Å². The molecule has 2 aromatic carbocycles. The summed E-state index contributed by atoms with van der Waals surface area (Å²) in [6.07, 6.45) is 0.343. The van der Waals surface area contributed by atoms with Gasteiger partial charge in [0.05, 0.1) is 23.4 Å². The smallest absolute Gasteiger partial charge is 0.297 e. The minimum Gasteiger partial charge on any atom is -0.484 e. The molecule has 0 amide bonds. The van der Waals surface area contributed by atoms with Crippen LogP contribution < -0.4 is 9.04 Å². The molecule has 1 atom stereocenters. The van der Waals surface area contributed by atoms with Gasteiger partial charge in [0.15, 0.2) is 0 Å². The molecular weight excluding hydrogens is 378 g/mol. The third kappa shape index (κ3) is 4.00.